The van der Waals surface area contributed by atoms with Crippen LogP contribution in [0.1, 0.15) is 18.9 Å². The normalized spacial score (nSPS) is 15.3. The van der Waals surface area contributed by atoms with Crippen LogP contribution in [0.3, 0.4) is 0 Å². The number of carbonyl (C=O) groups is 1. The van der Waals surface area contributed by atoms with Gasteiger partial charge in [0.2, 0.25) is 5.91 Å². The molecule has 0 saturated heterocycles. The summed E-state index contributed by atoms with van der Waals surface area (Å²) < 4.78 is 5.73. The molecule has 0 saturated carbocycles. The van der Waals surface area contributed by atoms with Crippen molar-refractivity contribution in [3.63, 3.8) is 0 Å². The highest BCUT2D eigenvalue weighted by Gasteiger charge is 2.27. The van der Waals surface area contributed by atoms with Crippen molar-refractivity contribution in [2.24, 2.45) is 0 Å². The summed E-state index contributed by atoms with van der Waals surface area (Å²) in [7, 11) is 0. The topological polar surface area (TPSA) is 46.3 Å². The molecule has 3 aromatic rings. The minimum atomic E-state index is -0.246. The zero-order valence-electron chi connectivity index (χ0n) is 13.4. The van der Waals surface area contributed by atoms with Crippen LogP contribution >= 0.6 is 11.8 Å². The lowest BCUT2D eigenvalue weighted by Crippen LogP contribution is -2.40. The number of aromatic nitrogens is 1. The number of carbonyl (C=O) groups excluding carboxylic acids is 1. The molecule has 0 radical (unpaired) electrons. The van der Waals surface area contributed by atoms with E-state index < -0.39 is 0 Å². The molecule has 4 rings (SSSR count). The van der Waals surface area contributed by atoms with Crippen LogP contribution in [0.15, 0.2) is 58.2 Å². The largest absolute Gasteiger partial charge is 0.431 e. The summed E-state index contributed by atoms with van der Waals surface area (Å²) >= 11 is 1.38. The Morgan fingerprint density at radius 3 is 2.88 bits per heavy atom. The van der Waals surface area contributed by atoms with E-state index in [4.69, 9.17) is 4.42 Å². The summed E-state index contributed by atoms with van der Waals surface area (Å²) in [4.78, 5) is 19.3. The molecule has 0 bridgehead atoms. The van der Waals surface area contributed by atoms with Gasteiger partial charge in [-0.05, 0) is 43.5 Å². The van der Waals surface area contributed by atoms with Crippen molar-refractivity contribution in [3.8, 4) is 0 Å². The number of rotatable bonds is 3. The highest BCUT2D eigenvalue weighted by molar-refractivity contribution is 8.00. The van der Waals surface area contributed by atoms with E-state index in [1.165, 1.54) is 17.3 Å². The van der Waals surface area contributed by atoms with Gasteiger partial charge in [-0.15, -0.1) is 0 Å². The zero-order chi connectivity index (χ0) is 16.5. The molecular weight excluding hydrogens is 320 g/mol. The van der Waals surface area contributed by atoms with Crippen molar-refractivity contribution in [1.29, 1.82) is 0 Å². The number of oxazole rings is 1. The Balaban J connectivity index is 1.54. The quantitative estimate of drug-likeness (QED) is 0.669. The first-order valence-electron chi connectivity index (χ1n) is 8.14. The third-order valence-corrected chi connectivity index (χ3v) is 5.21. The van der Waals surface area contributed by atoms with Crippen LogP contribution in [0, 0.1) is 0 Å². The van der Waals surface area contributed by atoms with Crippen LogP contribution in [0.2, 0.25) is 0 Å². The minimum absolute atomic E-state index is 0.106. The first-order valence-corrected chi connectivity index (χ1v) is 9.02. The van der Waals surface area contributed by atoms with E-state index in [0.717, 1.165) is 36.2 Å². The summed E-state index contributed by atoms with van der Waals surface area (Å²) in [5.74, 6) is 0.106. The monoisotopic (exact) mass is 338 g/mol. The van der Waals surface area contributed by atoms with Gasteiger partial charge in [0, 0.05) is 12.2 Å². The van der Waals surface area contributed by atoms with Crippen LogP contribution in [0.5, 0.6) is 0 Å². The van der Waals surface area contributed by atoms with Crippen LogP contribution in [-0.2, 0) is 11.2 Å². The van der Waals surface area contributed by atoms with Crippen LogP contribution in [-0.4, -0.2) is 22.7 Å². The summed E-state index contributed by atoms with van der Waals surface area (Å²) in [6.45, 7) is 2.69. The number of fused-ring (bicyclic) bond motifs is 2. The fourth-order valence-electron chi connectivity index (χ4n) is 3.09. The molecule has 1 amide bonds. The lowest BCUT2D eigenvalue weighted by molar-refractivity contribution is -0.117. The lowest BCUT2D eigenvalue weighted by atomic mass is 10.0. The molecule has 122 valence electrons. The predicted molar refractivity (Wildman–Crippen MR) is 96.4 cm³/mol. The number of nitrogens with zero attached hydrogens (tertiary/aromatic N) is 2. The maximum Gasteiger partial charge on any atom is 0.257 e. The Bertz CT molecular complexity index is 857. The molecule has 0 N–H and O–H groups in total. The predicted octanol–water partition coefficient (Wildman–Crippen LogP) is 4.29. The number of thioether (sulfide) groups is 1. The first-order chi connectivity index (χ1) is 11.7. The van der Waals surface area contributed by atoms with E-state index in [-0.39, 0.29) is 11.2 Å². The van der Waals surface area contributed by atoms with Crippen molar-refractivity contribution in [3.05, 3.63) is 54.1 Å². The molecule has 2 heterocycles. The molecule has 1 atom stereocenters. The van der Waals surface area contributed by atoms with Gasteiger partial charge in [0.25, 0.3) is 5.22 Å². The van der Waals surface area contributed by atoms with E-state index >= 15 is 0 Å². The number of benzene rings is 2. The molecular formula is C19H18N2O2S. The average molecular weight is 338 g/mol. The fourth-order valence-corrected chi connectivity index (χ4v) is 3.90. The number of amides is 1. The van der Waals surface area contributed by atoms with Crippen molar-refractivity contribution in [2.45, 2.75) is 30.2 Å². The number of anilines is 1. The van der Waals surface area contributed by atoms with Crippen molar-refractivity contribution in [1.82, 2.24) is 4.98 Å². The molecule has 1 aliphatic rings. The second-order valence-electron chi connectivity index (χ2n) is 5.93. The zero-order valence-corrected chi connectivity index (χ0v) is 14.3. The van der Waals surface area contributed by atoms with Crippen LogP contribution < -0.4 is 4.90 Å². The van der Waals surface area contributed by atoms with Crippen molar-refractivity contribution >= 4 is 34.5 Å². The minimum Gasteiger partial charge on any atom is -0.431 e. The van der Waals surface area contributed by atoms with Crippen LogP contribution in [0.25, 0.3) is 11.1 Å². The Labute approximate surface area is 144 Å². The molecule has 0 fully saturated rings. The summed E-state index contributed by atoms with van der Waals surface area (Å²) in [5, 5.41) is 0.298. The number of aryl methyl sites for hydroxylation is 1. The molecule has 5 heteroatoms. The standard InChI is InChI=1S/C19H18N2O2S/c1-13(24-19-20-15-9-3-5-11-17(15)23-19)18(22)21-12-6-8-14-7-2-4-10-16(14)21/h2-5,7,9-11,13H,6,8,12H2,1H3/t13-/m1/s1. The van der Waals surface area contributed by atoms with Gasteiger partial charge in [0.1, 0.15) is 5.52 Å². The molecule has 1 aliphatic heterocycles. The third-order valence-electron chi connectivity index (χ3n) is 4.28. The summed E-state index contributed by atoms with van der Waals surface area (Å²) in [6, 6.07) is 15.8. The van der Waals surface area contributed by atoms with Gasteiger partial charge in [-0.25, -0.2) is 4.98 Å². The smallest absolute Gasteiger partial charge is 0.257 e. The van der Waals surface area contributed by atoms with Crippen molar-refractivity contribution < 1.29 is 9.21 Å². The highest BCUT2D eigenvalue weighted by Crippen LogP contribution is 2.31. The summed E-state index contributed by atoms with van der Waals surface area (Å²) in [5.41, 5.74) is 3.86. The van der Waals surface area contributed by atoms with E-state index in [1.54, 1.807) is 0 Å². The number of hydrogen-bond donors (Lipinski definition) is 0. The van der Waals surface area contributed by atoms with E-state index in [0.29, 0.717) is 5.22 Å². The van der Waals surface area contributed by atoms with Gasteiger partial charge < -0.3 is 9.32 Å². The molecule has 0 unspecified atom stereocenters. The lowest BCUT2D eigenvalue weighted by Gasteiger charge is -2.31. The maximum absolute atomic E-state index is 12.9. The van der Waals surface area contributed by atoms with E-state index in [9.17, 15) is 4.79 Å². The maximum atomic E-state index is 12.9. The van der Waals surface area contributed by atoms with Gasteiger partial charge in [0.05, 0.1) is 5.25 Å². The number of para-hydroxylation sites is 3. The average Bonchev–Trinajstić information content (AvgIpc) is 3.02. The SMILES string of the molecule is C[C@@H](Sc1nc2ccccc2o1)C(=O)N1CCCc2ccccc21. The molecule has 0 aliphatic carbocycles. The highest BCUT2D eigenvalue weighted by atomic mass is 32.2. The number of hydrogen-bond acceptors (Lipinski definition) is 4. The Morgan fingerprint density at radius 2 is 2.00 bits per heavy atom. The third kappa shape index (κ3) is 2.80. The van der Waals surface area contributed by atoms with Gasteiger partial charge in [-0.2, -0.15) is 0 Å². The first kappa shape index (κ1) is 15.3. The van der Waals surface area contributed by atoms with Crippen molar-refractivity contribution in [2.75, 3.05) is 11.4 Å². The molecule has 24 heavy (non-hydrogen) atoms. The van der Waals surface area contributed by atoms with E-state index in [2.05, 4.69) is 11.1 Å². The van der Waals surface area contributed by atoms with Crippen LogP contribution in [0.4, 0.5) is 5.69 Å². The van der Waals surface area contributed by atoms with E-state index in [1.807, 2.05) is 54.3 Å². The van der Waals surface area contributed by atoms with Gasteiger partial charge in [-0.3, -0.25) is 4.79 Å². The second kappa shape index (κ2) is 6.32. The second-order valence-corrected chi connectivity index (χ2v) is 7.22. The molecule has 2 aromatic carbocycles. The summed E-state index contributed by atoms with van der Waals surface area (Å²) in [6.07, 6.45) is 2.04. The van der Waals surface area contributed by atoms with Gasteiger partial charge in [0.15, 0.2) is 5.58 Å². The fraction of sp³-hybridized carbons (Fsp3) is 0.263. The molecule has 0 spiro atoms. The van der Waals surface area contributed by atoms with Gasteiger partial charge >= 0.3 is 0 Å². The Morgan fingerprint density at radius 1 is 1.21 bits per heavy atom. The Kier molecular flexibility index (Phi) is 4.02. The molecule has 4 nitrogen and oxygen atoms in total. The Hall–Kier alpha value is -2.27. The van der Waals surface area contributed by atoms with Gasteiger partial charge in [-0.1, -0.05) is 42.1 Å². The molecule has 1 aromatic heterocycles.